The van der Waals surface area contributed by atoms with E-state index in [1.807, 2.05) is 0 Å². The highest BCUT2D eigenvalue weighted by atomic mass is 32.1. The first-order valence-corrected chi connectivity index (χ1v) is 26.7. The lowest BCUT2D eigenvalue weighted by Gasteiger charge is -2.46. The topological polar surface area (TPSA) is 6.48 Å². The van der Waals surface area contributed by atoms with Crippen molar-refractivity contribution in [1.29, 1.82) is 0 Å². The van der Waals surface area contributed by atoms with Gasteiger partial charge in [0.25, 0.3) is 6.71 Å². The molecule has 0 unspecified atom stereocenters. The highest BCUT2D eigenvalue weighted by Crippen LogP contribution is 2.58. The highest BCUT2D eigenvalue weighted by Gasteiger charge is 2.51. The second kappa shape index (κ2) is 15.0. The second-order valence-electron chi connectivity index (χ2n) is 27.4. The summed E-state index contributed by atoms with van der Waals surface area (Å²) < 4.78 is 1.50. The van der Waals surface area contributed by atoms with Gasteiger partial charge < -0.3 is 9.80 Å². The Morgan fingerprint density at radius 1 is 0.485 bits per heavy atom. The molecule has 2 aliphatic heterocycles. The van der Waals surface area contributed by atoms with Gasteiger partial charge in [-0.3, -0.25) is 0 Å². The number of anilines is 6. The van der Waals surface area contributed by atoms with Crippen molar-refractivity contribution in [2.24, 2.45) is 0 Å². The van der Waals surface area contributed by atoms with Crippen molar-refractivity contribution >= 4 is 67.9 Å². The van der Waals surface area contributed by atoms with E-state index in [1.54, 1.807) is 10.4 Å². The number of aryl methyl sites for hydroxylation is 2. The molecule has 2 aliphatic carbocycles. The molecule has 3 heterocycles. The van der Waals surface area contributed by atoms with Crippen LogP contribution >= 0.6 is 11.3 Å². The molecule has 354 valence electrons. The molecule has 0 amide bonds. The lowest BCUT2D eigenvalue weighted by molar-refractivity contribution is 0.332. The van der Waals surface area contributed by atoms with Crippen LogP contribution in [0.1, 0.15) is 193 Å². The minimum atomic E-state index is -0.0254. The quantitative estimate of drug-likeness (QED) is 0.163. The van der Waals surface area contributed by atoms with Gasteiger partial charge in [0.1, 0.15) is 0 Å². The van der Waals surface area contributed by atoms with Crippen LogP contribution in [0.15, 0.2) is 84.9 Å². The van der Waals surface area contributed by atoms with E-state index in [-0.39, 0.29) is 44.6 Å². The first-order chi connectivity index (χ1) is 31.4. The number of rotatable bonds is 3. The molecule has 0 spiro atoms. The van der Waals surface area contributed by atoms with E-state index < -0.39 is 0 Å². The second-order valence-corrected chi connectivity index (χ2v) is 28.4. The average Bonchev–Trinajstić information content (AvgIpc) is 3.66. The number of hydrogen-bond acceptors (Lipinski definition) is 3. The van der Waals surface area contributed by atoms with Crippen molar-refractivity contribution < 1.29 is 0 Å². The van der Waals surface area contributed by atoms with Gasteiger partial charge in [0.05, 0.1) is 11.4 Å². The predicted octanol–water partition coefficient (Wildman–Crippen LogP) is 16.7. The fourth-order valence-corrected chi connectivity index (χ4v) is 14.2. The normalized spacial score (nSPS) is 18.7. The van der Waals surface area contributed by atoms with Crippen molar-refractivity contribution in [2.75, 3.05) is 9.80 Å². The zero-order chi connectivity index (χ0) is 49.2. The van der Waals surface area contributed by atoms with Crippen LogP contribution in [0.25, 0.3) is 11.1 Å². The van der Waals surface area contributed by atoms with E-state index in [0.717, 1.165) is 6.42 Å². The number of thiophene rings is 1. The van der Waals surface area contributed by atoms with E-state index in [9.17, 15) is 0 Å². The monoisotopic (exact) mass is 919 g/mol. The summed E-state index contributed by atoms with van der Waals surface area (Å²) in [6.07, 6.45) is 4.74. The van der Waals surface area contributed by atoms with Crippen LogP contribution in [-0.4, -0.2) is 6.71 Å². The summed E-state index contributed by atoms with van der Waals surface area (Å²) in [7, 11) is 0. The molecule has 0 bridgehead atoms. The van der Waals surface area contributed by atoms with Crippen molar-refractivity contribution in [1.82, 2.24) is 0 Å². The molecule has 68 heavy (non-hydrogen) atoms. The number of benzene rings is 5. The van der Waals surface area contributed by atoms with E-state index in [0.29, 0.717) is 0 Å². The van der Waals surface area contributed by atoms with Gasteiger partial charge in [0.15, 0.2) is 0 Å². The first kappa shape index (κ1) is 47.2. The van der Waals surface area contributed by atoms with Crippen LogP contribution in [0.4, 0.5) is 34.1 Å². The van der Waals surface area contributed by atoms with Crippen molar-refractivity contribution in [3.8, 4) is 11.1 Å². The molecule has 4 aliphatic rings. The Morgan fingerprint density at radius 2 is 0.985 bits per heavy atom. The van der Waals surface area contributed by atoms with Gasteiger partial charge in [-0.15, -0.1) is 0 Å². The highest BCUT2D eigenvalue weighted by molar-refractivity contribution is 7.29. The Labute approximate surface area is 416 Å². The SMILES string of the molecule is Cc1cc2c3c(c1)N(c1ccc(C(C)(C)C)cc1-c1cc4c(cc1C)C(C)(C)CCC4(C)C)c1c(sc4c1C(C)(C)CCC4(C)C)B3c1cc(C(C)(C)C)ccc1N2c1ccc(C(C)(C)C)cc1. The van der Waals surface area contributed by atoms with Gasteiger partial charge in [-0.1, -0.05) is 154 Å². The molecule has 10 rings (SSSR count). The van der Waals surface area contributed by atoms with E-state index in [2.05, 4.69) is 238 Å². The van der Waals surface area contributed by atoms with Crippen LogP contribution in [0.5, 0.6) is 0 Å². The summed E-state index contributed by atoms with van der Waals surface area (Å²) in [6, 6.07) is 34.8. The van der Waals surface area contributed by atoms with E-state index in [4.69, 9.17) is 0 Å². The fraction of sp³-hybridized carbons (Fsp3) is 0.469. The lowest BCUT2D eigenvalue weighted by atomic mass is 9.35. The number of fused-ring (bicyclic) bond motifs is 7. The number of nitrogens with zero attached hydrogens (tertiary/aromatic N) is 2. The zero-order valence-corrected chi connectivity index (χ0v) is 46.1. The first-order valence-electron chi connectivity index (χ1n) is 25.9. The summed E-state index contributed by atoms with van der Waals surface area (Å²) in [5.41, 5.74) is 25.1. The summed E-state index contributed by atoms with van der Waals surface area (Å²) >= 11 is 2.14. The maximum absolute atomic E-state index is 2.81. The Kier molecular flexibility index (Phi) is 10.4. The third-order valence-corrected chi connectivity index (χ3v) is 18.8. The molecule has 2 nitrogen and oxygen atoms in total. The summed E-state index contributed by atoms with van der Waals surface area (Å²) in [6.45, 7) is 46.0. The molecule has 1 aromatic heterocycles. The lowest BCUT2D eigenvalue weighted by Crippen LogP contribution is -2.61. The Hall–Kier alpha value is -4.54. The van der Waals surface area contributed by atoms with Crippen LogP contribution < -0.4 is 25.5 Å². The van der Waals surface area contributed by atoms with Crippen LogP contribution in [0.2, 0.25) is 0 Å². The Morgan fingerprint density at radius 3 is 1.57 bits per heavy atom. The summed E-state index contributed by atoms with van der Waals surface area (Å²) in [4.78, 5) is 7.00. The largest absolute Gasteiger partial charge is 0.311 e. The van der Waals surface area contributed by atoms with E-state index >= 15 is 0 Å². The van der Waals surface area contributed by atoms with Gasteiger partial charge in [0.2, 0.25) is 0 Å². The van der Waals surface area contributed by atoms with Crippen LogP contribution in [0, 0.1) is 13.8 Å². The predicted molar refractivity (Wildman–Crippen MR) is 300 cm³/mol. The molecule has 0 atom stereocenters. The van der Waals surface area contributed by atoms with Gasteiger partial charge in [0, 0.05) is 38.0 Å². The third kappa shape index (κ3) is 7.30. The molecular weight excluding hydrogens is 840 g/mol. The van der Waals surface area contributed by atoms with Crippen molar-refractivity contribution in [3.63, 3.8) is 0 Å². The summed E-state index contributed by atoms with van der Waals surface area (Å²) in [5.74, 6) is 0. The molecule has 6 aromatic rings. The molecule has 0 N–H and O–H groups in total. The molecular formula is C64H79BN2S. The van der Waals surface area contributed by atoms with E-state index in [1.165, 1.54) is 119 Å². The third-order valence-electron chi connectivity index (χ3n) is 17.1. The summed E-state index contributed by atoms with van der Waals surface area (Å²) in [5, 5.41) is 0. The van der Waals surface area contributed by atoms with Crippen molar-refractivity contribution in [3.05, 3.63) is 134 Å². The van der Waals surface area contributed by atoms with Gasteiger partial charge >= 0.3 is 0 Å². The van der Waals surface area contributed by atoms with Gasteiger partial charge in [-0.25, -0.2) is 0 Å². The Bertz CT molecular complexity index is 3040. The standard InChI is InChI=1S/C64H79BN2S/c1-38-32-51-54-52(33-38)67(49-26-22-41(59(6,7)8)35-45(49)44-37-47-46(34-39(44)2)61(12,13)28-29-62(47,14)15)55-53-56(64(18,19)31-30-63(53,16)17)68-57(55)65(54)48-36-42(60(9,10)11)23-27-50(48)66(51)43-24-20-40(21-25-43)58(3,4)5/h20-27,32-37H,28-31H2,1-19H3. The van der Waals surface area contributed by atoms with Crippen LogP contribution in [0.3, 0.4) is 0 Å². The zero-order valence-electron chi connectivity index (χ0n) is 45.3. The molecule has 0 fully saturated rings. The maximum Gasteiger partial charge on any atom is 0.264 e. The fourth-order valence-electron chi connectivity index (χ4n) is 12.4. The van der Waals surface area contributed by atoms with Crippen LogP contribution in [-0.2, 0) is 37.9 Å². The molecule has 5 aromatic carbocycles. The average molecular weight is 919 g/mol. The van der Waals surface area contributed by atoms with Crippen molar-refractivity contribution in [2.45, 2.75) is 195 Å². The smallest absolute Gasteiger partial charge is 0.264 e. The molecule has 0 saturated heterocycles. The molecule has 0 radical (unpaired) electrons. The maximum atomic E-state index is 2.81. The number of hydrogen-bond donors (Lipinski definition) is 0. The van der Waals surface area contributed by atoms with Gasteiger partial charge in [-0.2, -0.15) is 11.3 Å². The molecule has 0 saturated carbocycles. The van der Waals surface area contributed by atoms with Gasteiger partial charge in [-0.05, 0) is 187 Å². The minimum Gasteiger partial charge on any atom is -0.311 e. The molecule has 4 heteroatoms. The minimum absolute atomic E-state index is 0.00693. The Balaban J connectivity index is 1.35.